The molecule has 33 heavy (non-hydrogen) atoms. The molecular formula is C24H33N3O5S. The van der Waals surface area contributed by atoms with Gasteiger partial charge in [-0.25, -0.2) is 8.42 Å². The maximum Gasteiger partial charge on any atom is 0.243 e. The number of benzene rings is 2. The number of methoxy groups -OCH3 is 2. The Morgan fingerprint density at radius 1 is 1.06 bits per heavy atom. The number of ether oxygens (including phenoxy) is 2. The third kappa shape index (κ3) is 6.04. The molecule has 0 bridgehead atoms. The van der Waals surface area contributed by atoms with Crippen LogP contribution in [-0.4, -0.2) is 63.9 Å². The second-order valence-corrected chi connectivity index (χ2v) is 10.2. The van der Waals surface area contributed by atoms with E-state index in [4.69, 9.17) is 9.47 Å². The van der Waals surface area contributed by atoms with Gasteiger partial charge in [0, 0.05) is 37.0 Å². The summed E-state index contributed by atoms with van der Waals surface area (Å²) in [6.07, 6.45) is 2.84. The summed E-state index contributed by atoms with van der Waals surface area (Å²) >= 11 is 0. The van der Waals surface area contributed by atoms with Crippen LogP contribution < -0.4 is 14.8 Å². The van der Waals surface area contributed by atoms with Gasteiger partial charge in [-0.05, 0) is 57.1 Å². The predicted molar refractivity (Wildman–Crippen MR) is 128 cm³/mol. The summed E-state index contributed by atoms with van der Waals surface area (Å²) in [5.41, 5.74) is 1.49. The SMILES string of the molecule is COc1ccc(CN(C)[C@@H](C)C(=O)Nc2ccc(S(=O)(=O)N3CCCCC3)cc2)c(OC)c1. The van der Waals surface area contributed by atoms with Crippen molar-refractivity contribution >= 4 is 21.6 Å². The number of nitrogens with zero attached hydrogens (tertiary/aromatic N) is 2. The van der Waals surface area contributed by atoms with Crippen molar-refractivity contribution in [1.29, 1.82) is 0 Å². The molecule has 0 aliphatic carbocycles. The fourth-order valence-corrected chi connectivity index (χ4v) is 5.32. The Balaban J connectivity index is 1.62. The van der Waals surface area contributed by atoms with E-state index in [-0.39, 0.29) is 10.8 Å². The quantitative estimate of drug-likeness (QED) is 0.599. The van der Waals surface area contributed by atoms with Crippen LogP contribution in [0, 0.1) is 0 Å². The minimum absolute atomic E-state index is 0.184. The Morgan fingerprint density at radius 2 is 1.73 bits per heavy atom. The molecule has 0 saturated carbocycles. The number of piperidine rings is 1. The molecule has 1 aliphatic heterocycles. The van der Waals surface area contributed by atoms with E-state index in [9.17, 15) is 13.2 Å². The minimum Gasteiger partial charge on any atom is -0.497 e. The van der Waals surface area contributed by atoms with Gasteiger partial charge in [0.1, 0.15) is 11.5 Å². The highest BCUT2D eigenvalue weighted by atomic mass is 32.2. The summed E-state index contributed by atoms with van der Waals surface area (Å²) in [5.74, 6) is 1.21. The van der Waals surface area contributed by atoms with Crippen LogP contribution in [0.5, 0.6) is 11.5 Å². The van der Waals surface area contributed by atoms with Gasteiger partial charge in [0.05, 0.1) is 25.2 Å². The standard InChI is InChI=1S/C24H33N3O5S/c1-18(26(2)17-19-8-11-21(31-3)16-23(19)32-4)24(28)25-20-9-12-22(13-10-20)33(29,30)27-14-6-5-7-15-27/h8-13,16,18H,5-7,14-15,17H2,1-4H3,(H,25,28)/t18-/m0/s1. The molecule has 2 aromatic rings. The minimum atomic E-state index is -3.49. The van der Waals surface area contributed by atoms with Crippen LogP contribution in [-0.2, 0) is 21.4 Å². The smallest absolute Gasteiger partial charge is 0.243 e. The summed E-state index contributed by atoms with van der Waals surface area (Å²) in [5, 5.41) is 2.87. The molecule has 1 saturated heterocycles. The van der Waals surface area contributed by atoms with E-state index < -0.39 is 16.1 Å². The number of carbonyl (C=O) groups excluding carboxylic acids is 1. The number of nitrogens with one attached hydrogen (secondary N) is 1. The summed E-state index contributed by atoms with van der Waals surface area (Å²) in [4.78, 5) is 15.0. The average Bonchev–Trinajstić information content (AvgIpc) is 2.84. The van der Waals surface area contributed by atoms with Gasteiger partial charge < -0.3 is 14.8 Å². The molecule has 3 rings (SSSR count). The van der Waals surface area contributed by atoms with Gasteiger partial charge in [-0.1, -0.05) is 12.5 Å². The highest BCUT2D eigenvalue weighted by Gasteiger charge is 2.26. The zero-order valence-corrected chi connectivity index (χ0v) is 20.5. The highest BCUT2D eigenvalue weighted by molar-refractivity contribution is 7.89. The Kier molecular flexibility index (Phi) is 8.34. The Hall–Kier alpha value is -2.62. The molecule has 0 aromatic heterocycles. The Morgan fingerprint density at radius 3 is 2.33 bits per heavy atom. The monoisotopic (exact) mass is 475 g/mol. The van der Waals surface area contributed by atoms with Crippen LogP contribution in [0.2, 0.25) is 0 Å². The van der Waals surface area contributed by atoms with Crippen LogP contribution in [0.3, 0.4) is 0 Å². The van der Waals surface area contributed by atoms with Gasteiger partial charge in [-0.2, -0.15) is 4.31 Å². The number of hydrogen-bond donors (Lipinski definition) is 1. The molecule has 1 atom stereocenters. The first-order chi connectivity index (χ1) is 15.8. The first kappa shape index (κ1) is 25.0. The third-order valence-electron chi connectivity index (χ3n) is 6.03. The van der Waals surface area contributed by atoms with Gasteiger partial charge in [0.15, 0.2) is 0 Å². The molecule has 180 valence electrons. The molecule has 9 heteroatoms. The van der Waals surface area contributed by atoms with Gasteiger partial charge in [0.2, 0.25) is 15.9 Å². The van der Waals surface area contributed by atoms with Crippen molar-refractivity contribution < 1.29 is 22.7 Å². The fraction of sp³-hybridized carbons (Fsp3) is 0.458. The molecular weight excluding hydrogens is 442 g/mol. The van der Waals surface area contributed by atoms with E-state index in [1.54, 1.807) is 38.5 Å². The van der Waals surface area contributed by atoms with E-state index in [1.165, 1.54) is 4.31 Å². The van der Waals surface area contributed by atoms with Crippen molar-refractivity contribution in [2.75, 3.05) is 39.7 Å². The van der Waals surface area contributed by atoms with Crippen molar-refractivity contribution in [2.24, 2.45) is 0 Å². The molecule has 0 radical (unpaired) electrons. The Bertz CT molecular complexity index is 1050. The number of sulfonamides is 1. The predicted octanol–water partition coefficient (Wildman–Crippen LogP) is 3.34. The second kappa shape index (κ2) is 11.0. The lowest BCUT2D eigenvalue weighted by atomic mass is 10.1. The van der Waals surface area contributed by atoms with Gasteiger partial charge in [-0.15, -0.1) is 0 Å². The fourth-order valence-electron chi connectivity index (χ4n) is 3.80. The lowest BCUT2D eigenvalue weighted by molar-refractivity contribution is -0.120. The van der Waals surface area contributed by atoms with E-state index in [0.29, 0.717) is 36.8 Å². The first-order valence-electron chi connectivity index (χ1n) is 11.1. The number of hydrogen-bond acceptors (Lipinski definition) is 6. The van der Waals surface area contributed by atoms with Crippen molar-refractivity contribution in [3.63, 3.8) is 0 Å². The molecule has 1 aliphatic rings. The first-order valence-corrected chi connectivity index (χ1v) is 12.5. The van der Waals surface area contributed by atoms with Crippen LogP contribution in [0.4, 0.5) is 5.69 Å². The maximum atomic E-state index is 12.8. The maximum absolute atomic E-state index is 12.8. The zero-order chi connectivity index (χ0) is 24.0. The molecule has 1 N–H and O–H groups in total. The molecule has 1 amide bonds. The van der Waals surface area contributed by atoms with E-state index >= 15 is 0 Å². The van der Waals surface area contributed by atoms with Crippen LogP contribution in [0.1, 0.15) is 31.7 Å². The van der Waals surface area contributed by atoms with Crippen molar-refractivity contribution in [2.45, 2.75) is 43.7 Å². The molecule has 8 nitrogen and oxygen atoms in total. The van der Waals surface area contributed by atoms with E-state index in [2.05, 4.69) is 5.32 Å². The average molecular weight is 476 g/mol. The Labute approximate surface area is 196 Å². The van der Waals surface area contributed by atoms with E-state index in [1.807, 2.05) is 37.1 Å². The highest BCUT2D eigenvalue weighted by Crippen LogP contribution is 2.26. The third-order valence-corrected chi connectivity index (χ3v) is 7.94. The summed E-state index contributed by atoms with van der Waals surface area (Å²) in [7, 11) is 1.57. The number of rotatable bonds is 9. The largest absolute Gasteiger partial charge is 0.497 e. The van der Waals surface area contributed by atoms with Crippen molar-refractivity contribution in [3.05, 3.63) is 48.0 Å². The van der Waals surface area contributed by atoms with Gasteiger partial charge >= 0.3 is 0 Å². The topological polar surface area (TPSA) is 88.2 Å². The molecule has 0 unspecified atom stereocenters. The number of anilines is 1. The van der Waals surface area contributed by atoms with E-state index in [0.717, 1.165) is 24.8 Å². The van der Waals surface area contributed by atoms with Crippen molar-refractivity contribution in [1.82, 2.24) is 9.21 Å². The van der Waals surface area contributed by atoms with Gasteiger partial charge in [-0.3, -0.25) is 9.69 Å². The number of amides is 1. The summed E-state index contributed by atoms with van der Waals surface area (Å²) in [6.45, 7) is 3.45. The number of carbonyl (C=O) groups is 1. The molecule has 1 heterocycles. The molecule has 0 spiro atoms. The van der Waals surface area contributed by atoms with Crippen LogP contribution in [0.15, 0.2) is 47.4 Å². The molecule has 2 aromatic carbocycles. The number of likely N-dealkylation sites (N-methyl/N-ethyl adjacent to an activating group) is 1. The summed E-state index contributed by atoms with van der Waals surface area (Å²) in [6, 6.07) is 11.5. The normalized spacial score (nSPS) is 15.8. The zero-order valence-electron chi connectivity index (χ0n) is 19.7. The second-order valence-electron chi connectivity index (χ2n) is 8.25. The summed E-state index contributed by atoms with van der Waals surface area (Å²) < 4.78 is 37.8. The van der Waals surface area contributed by atoms with Crippen LogP contribution >= 0.6 is 0 Å². The lowest BCUT2D eigenvalue weighted by Crippen LogP contribution is -2.39. The van der Waals surface area contributed by atoms with Crippen LogP contribution in [0.25, 0.3) is 0 Å². The lowest BCUT2D eigenvalue weighted by Gasteiger charge is -2.26. The van der Waals surface area contributed by atoms with Crippen molar-refractivity contribution in [3.8, 4) is 11.5 Å². The molecule has 1 fully saturated rings. The van der Waals surface area contributed by atoms with Gasteiger partial charge in [0.25, 0.3) is 0 Å².